The lowest BCUT2D eigenvalue weighted by atomic mass is 9.84. The van der Waals surface area contributed by atoms with Crippen LogP contribution in [0.25, 0.3) is 0 Å². The molecule has 2 atom stereocenters. The highest BCUT2D eigenvalue weighted by molar-refractivity contribution is 5.82. The molecule has 0 aromatic rings. The van der Waals surface area contributed by atoms with Gasteiger partial charge in [0.2, 0.25) is 5.91 Å². The normalized spacial score (nSPS) is 27.7. The molecule has 1 aliphatic heterocycles. The van der Waals surface area contributed by atoms with E-state index in [2.05, 4.69) is 10.6 Å². The fourth-order valence-electron chi connectivity index (χ4n) is 2.92. The van der Waals surface area contributed by atoms with E-state index in [1.807, 2.05) is 0 Å². The highest BCUT2D eigenvalue weighted by atomic mass is 16.5. The molecule has 0 spiro atoms. The second-order valence-electron chi connectivity index (χ2n) is 5.33. The highest BCUT2D eigenvalue weighted by Crippen LogP contribution is 2.26. The molecule has 2 unspecified atom stereocenters. The van der Waals surface area contributed by atoms with Crippen molar-refractivity contribution < 1.29 is 9.53 Å². The number of hydrogen-bond donors (Lipinski definition) is 3. The number of amides is 1. The number of rotatable bonds is 4. The number of morpholine rings is 1. The minimum atomic E-state index is -0.212. The van der Waals surface area contributed by atoms with Gasteiger partial charge in [-0.15, -0.1) is 0 Å². The molecular weight excluding hydrogens is 230 g/mol. The zero-order valence-electron chi connectivity index (χ0n) is 11.0. The quantitative estimate of drug-likeness (QED) is 0.661. The van der Waals surface area contributed by atoms with Gasteiger partial charge in [0.15, 0.2) is 0 Å². The first-order valence-electron chi connectivity index (χ1n) is 7.13. The van der Waals surface area contributed by atoms with Crippen LogP contribution in [0.3, 0.4) is 0 Å². The SMILES string of the molecule is NCC(NC(=O)C1COCCN1)C1CCCCC1. The van der Waals surface area contributed by atoms with Gasteiger partial charge in [0.1, 0.15) is 6.04 Å². The molecule has 0 bridgehead atoms. The Kier molecular flexibility index (Phi) is 5.41. The molecule has 104 valence electrons. The van der Waals surface area contributed by atoms with Crippen molar-refractivity contribution in [3.63, 3.8) is 0 Å². The van der Waals surface area contributed by atoms with Crippen molar-refractivity contribution in [2.24, 2.45) is 11.7 Å². The molecule has 18 heavy (non-hydrogen) atoms. The van der Waals surface area contributed by atoms with Crippen molar-refractivity contribution in [3.8, 4) is 0 Å². The Morgan fingerprint density at radius 3 is 2.78 bits per heavy atom. The maximum Gasteiger partial charge on any atom is 0.239 e. The van der Waals surface area contributed by atoms with Crippen LogP contribution < -0.4 is 16.4 Å². The van der Waals surface area contributed by atoms with Crippen molar-refractivity contribution in [3.05, 3.63) is 0 Å². The summed E-state index contributed by atoms with van der Waals surface area (Å²) < 4.78 is 5.31. The van der Waals surface area contributed by atoms with Crippen molar-refractivity contribution >= 4 is 5.91 Å². The number of hydrogen-bond acceptors (Lipinski definition) is 4. The molecular formula is C13H25N3O2. The fourth-order valence-corrected chi connectivity index (χ4v) is 2.92. The van der Waals surface area contributed by atoms with E-state index in [1.54, 1.807) is 0 Å². The Bertz CT molecular complexity index is 261. The first-order valence-corrected chi connectivity index (χ1v) is 7.13. The number of carbonyl (C=O) groups excluding carboxylic acids is 1. The van der Waals surface area contributed by atoms with Crippen LogP contribution in [0.15, 0.2) is 0 Å². The first kappa shape index (κ1) is 13.8. The van der Waals surface area contributed by atoms with E-state index in [1.165, 1.54) is 32.1 Å². The summed E-state index contributed by atoms with van der Waals surface area (Å²) in [5.74, 6) is 0.591. The van der Waals surface area contributed by atoms with E-state index in [4.69, 9.17) is 10.5 Å². The van der Waals surface area contributed by atoms with Gasteiger partial charge in [0, 0.05) is 19.1 Å². The molecule has 0 radical (unpaired) electrons. The summed E-state index contributed by atoms with van der Waals surface area (Å²) in [6, 6.07) is -0.0853. The monoisotopic (exact) mass is 255 g/mol. The van der Waals surface area contributed by atoms with Crippen molar-refractivity contribution in [2.75, 3.05) is 26.3 Å². The molecule has 0 aromatic carbocycles. The van der Waals surface area contributed by atoms with Crippen LogP contribution in [-0.2, 0) is 9.53 Å². The van der Waals surface area contributed by atoms with E-state index >= 15 is 0 Å². The van der Waals surface area contributed by atoms with Crippen LogP contribution in [-0.4, -0.2) is 44.3 Å². The second kappa shape index (κ2) is 7.07. The summed E-state index contributed by atoms with van der Waals surface area (Å²) in [5.41, 5.74) is 5.82. The second-order valence-corrected chi connectivity index (χ2v) is 5.33. The third-order valence-electron chi connectivity index (χ3n) is 4.04. The summed E-state index contributed by atoms with van der Waals surface area (Å²) in [6.07, 6.45) is 6.23. The molecule has 2 aliphatic rings. The van der Waals surface area contributed by atoms with Gasteiger partial charge >= 0.3 is 0 Å². The van der Waals surface area contributed by atoms with Crippen molar-refractivity contribution in [2.45, 2.75) is 44.2 Å². The maximum atomic E-state index is 12.1. The Hall–Kier alpha value is -0.650. The topological polar surface area (TPSA) is 76.4 Å². The van der Waals surface area contributed by atoms with E-state index in [-0.39, 0.29) is 18.0 Å². The smallest absolute Gasteiger partial charge is 0.239 e. The minimum absolute atomic E-state index is 0.0377. The third-order valence-corrected chi connectivity index (χ3v) is 4.04. The van der Waals surface area contributed by atoms with Gasteiger partial charge in [0.05, 0.1) is 13.2 Å². The molecule has 1 aliphatic carbocycles. The van der Waals surface area contributed by atoms with Crippen LogP contribution in [0.1, 0.15) is 32.1 Å². The summed E-state index contributed by atoms with van der Waals surface area (Å²) in [7, 11) is 0. The fraction of sp³-hybridized carbons (Fsp3) is 0.923. The Morgan fingerprint density at radius 2 is 2.17 bits per heavy atom. The standard InChI is InChI=1S/C13H25N3O2/c14-8-11(10-4-2-1-3-5-10)16-13(17)12-9-18-7-6-15-12/h10-12,15H,1-9,14H2,(H,16,17). The first-order chi connectivity index (χ1) is 8.81. The molecule has 5 nitrogen and oxygen atoms in total. The highest BCUT2D eigenvalue weighted by Gasteiger charge is 2.27. The van der Waals surface area contributed by atoms with Crippen molar-refractivity contribution in [1.29, 1.82) is 0 Å². The van der Waals surface area contributed by atoms with Crippen LogP contribution in [0.2, 0.25) is 0 Å². The summed E-state index contributed by atoms with van der Waals surface area (Å²) in [4.78, 5) is 12.1. The molecule has 1 saturated carbocycles. The van der Waals surface area contributed by atoms with Gasteiger partial charge in [-0.1, -0.05) is 19.3 Å². The van der Waals surface area contributed by atoms with Crippen molar-refractivity contribution in [1.82, 2.24) is 10.6 Å². The number of ether oxygens (including phenoxy) is 1. The molecule has 5 heteroatoms. The number of carbonyl (C=O) groups is 1. The van der Waals surface area contributed by atoms with Gasteiger partial charge in [-0.25, -0.2) is 0 Å². The van der Waals surface area contributed by atoms with Crippen LogP contribution in [0.5, 0.6) is 0 Å². The van der Waals surface area contributed by atoms with E-state index < -0.39 is 0 Å². The zero-order chi connectivity index (χ0) is 12.8. The van der Waals surface area contributed by atoms with Crippen LogP contribution in [0, 0.1) is 5.92 Å². The Balaban J connectivity index is 1.82. The van der Waals surface area contributed by atoms with E-state index in [0.717, 1.165) is 6.54 Å². The van der Waals surface area contributed by atoms with Gasteiger partial charge in [-0.2, -0.15) is 0 Å². The Morgan fingerprint density at radius 1 is 1.39 bits per heavy atom. The zero-order valence-corrected chi connectivity index (χ0v) is 11.0. The van der Waals surface area contributed by atoms with Gasteiger partial charge < -0.3 is 21.1 Å². The molecule has 2 fully saturated rings. The predicted octanol–water partition coefficient (Wildman–Crippen LogP) is -0.00140. The number of nitrogens with two attached hydrogens (primary N) is 1. The molecule has 1 amide bonds. The van der Waals surface area contributed by atoms with Crippen LogP contribution in [0.4, 0.5) is 0 Å². The lowest BCUT2D eigenvalue weighted by Gasteiger charge is -2.32. The summed E-state index contributed by atoms with van der Waals surface area (Å²) in [6.45, 7) is 2.43. The van der Waals surface area contributed by atoms with Gasteiger partial charge in [0.25, 0.3) is 0 Å². The maximum absolute atomic E-state index is 12.1. The molecule has 4 N–H and O–H groups in total. The largest absolute Gasteiger partial charge is 0.378 e. The lowest BCUT2D eigenvalue weighted by molar-refractivity contribution is -0.127. The summed E-state index contributed by atoms with van der Waals surface area (Å²) >= 11 is 0. The lowest BCUT2D eigenvalue weighted by Crippen LogP contribution is -2.56. The average Bonchev–Trinajstić information content (AvgIpc) is 2.46. The molecule has 0 aromatic heterocycles. The average molecular weight is 255 g/mol. The van der Waals surface area contributed by atoms with E-state index in [0.29, 0.717) is 25.7 Å². The molecule has 1 heterocycles. The minimum Gasteiger partial charge on any atom is -0.378 e. The van der Waals surface area contributed by atoms with Gasteiger partial charge in [-0.3, -0.25) is 4.79 Å². The number of nitrogens with one attached hydrogen (secondary N) is 2. The summed E-state index contributed by atoms with van der Waals surface area (Å²) in [5, 5.41) is 6.27. The van der Waals surface area contributed by atoms with Gasteiger partial charge in [-0.05, 0) is 18.8 Å². The third kappa shape index (κ3) is 3.67. The van der Waals surface area contributed by atoms with E-state index in [9.17, 15) is 4.79 Å². The molecule has 2 rings (SSSR count). The molecule has 1 saturated heterocycles. The Labute approximate surface area is 109 Å². The predicted molar refractivity (Wildman–Crippen MR) is 70.2 cm³/mol. The van der Waals surface area contributed by atoms with Crippen LogP contribution >= 0.6 is 0 Å².